The number of amides is 1. The summed E-state index contributed by atoms with van der Waals surface area (Å²) in [6.45, 7) is 14.8. The van der Waals surface area contributed by atoms with E-state index in [2.05, 4.69) is 52.4 Å². The first-order valence-electron chi connectivity index (χ1n) is 13.0. The zero-order valence-corrected chi connectivity index (χ0v) is 22.0. The third kappa shape index (κ3) is 5.53. The molecule has 35 heavy (non-hydrogen) atoms. The maximum absolute atomic E-state index is 12.4. The van der Waals surface area contributed by atoms with Gasteiger partial charge in [0.15, 0.2) is 0 Å². The molecule has 1 aromatic heterocycles. The van der Waals surface area contributed by atoms with Gasteiger partial charge in [0.1, 0.15) is 11.3 Å². The summed E-state index contributed by atoms with van der Waals surface area (Å²) in [4.78, 5) is 16.6. The van der Waals surface area contributed by atoms with E-state index in [1.807, 2.05) is 31.9 Å². The van der Waals surface area contributed by atoms with Crippen molar-refractivity contribution in [3.8, 4) is 11.1 Å². The Morgan fingerprint density at radius 1 is 1.20 bits per heavy atom. The fourth-order valence-corrected chi connectivity index (χ4v) is 5.16. The second-order valence-corrected chi connectivity index (χ2v) is 10.4. The van der Waals surface area contributed by atoms with E-state index in [4.69, 9.17) is 15.6 Å². The number of amidine groups is 1. The van der Waals surface area contributed by atoms with Gasteiger partial charge in [0, 0.05) is 36.8 Å². The average Bonchev–Trinajstić information content (AvgIpc) is 3.27. The number of fused-ring (bicyclic) bond motifs is 1. The Kier molecular flexibility index (Phi) is 7.50. The molecule has 8 nitrogen and oxygen atoms in total. The number of nitrogens with two attached hydrogens (primary N) is 1. The number of anilines is 1. The predicted molar refractivity (Wildman–Crippen MR) is 140 cm³/mol. The number of benzene rings is 1. The van der Waals surface area contributed by atoms with Crippen molar-refractivity contribution in [2.75, 3.05) is 44.2 Å². The Hall–Kier alpha value is -2.87. The third-order valence-corrected chi connectivity index (χ3v) is 7.01. The first-order chi connectivity index (χ1) is 16.7. The zero-order chi connectivity index (χ0) is 25.2. The van der Waals surface area contributed by atoms with Gasteiger partial charge in [0.25, 0.3) is 5.84 Å². The molecular formula is C27H41N6O2+. The number of likely N-dealkylation sites (tertiary alicyclic amines) is 1. The molecular weight excluding hydrogens is 440 g/mol. The minimum atomic E-state index is -0.469. The zero-order valence-electron chi connectivity index (χ0n) is 22.0. The van der Waals surface area contributed by atoms with Gasteiger partial charge >= 0.3 is 6.09 Å². The van der Waals surface area contributed by atoms with E-state index >= 15 is 0 Å². The molecule has 2 N–H and O–H groups in total. The van der Waals surface area contributed by atoms with Crippen LogP contribution in [0.4, 0.5) is 10.5 Å². The second-order valence-electron chi connectivity index (χ2n) is 10.4. The molecule has 1 aromatic carbocycles. The summed E-state index contributed by atoms with van der Waals surface area (Å²) in [5, 5.41) is 4.71. The highest BCUT2D eigenvalue weighted by molar-refractivity contribution is 5.97. The highest BCUT2D eigenvalue weighted by Gasteiger charge is 2.30. The Balaban J connectivity index is 1.50. The Labute approximate surface area is 209 Å². The molecule has 0 radical (unpaired) electrons. The molecule has 1 fully saturated rings. The van der Waals surface area contributed by atoms with Crippen molar-refractivity contribution in [3.05, 3.63) is 36.2 Å². The fourth-order valence-electron chi connectivity index (χ4n) is 5.16. The second kappa shape index (κ2) is 10.4. The normalized spacial score (nSPS) is 17.4. The number of piperidine rings is 1. The number of nitrogens with zero attached hydrogens (tertiary/aromatic N) is 5. The first kappa shape index (κ1) is 25.2. The molecule has 4 rings (SSSR count). The average molecular weight is 482 g/mol. The van der Waals surface area contributed by atoms with Gasteiger partial charge in [0.05, 0.1) is 38.4 Å². The maximum Gasteiger partial charge on any atom is 0.410 e. The predicted octanol–water partition coefficient (Wildman–Crippen LogP) is 3.89. The van der Waals surface area contributed by atoms with Crippen LogP contribution in [0.25, 0.3) is 11.1 Å². The maximum atomic E-state index is 12.4. The highest BCUT2D eigenvalue weighted by Crippen LogP contribution is 2.32. The lowest BCUT2D eigenvalue weighted by Crippen LogP contribution is -2.42. The Morgan fingerprint density at radius 2 is 1.94 bits per heavy atom. The molecule has 0 bridgehead atoms. The Morgan fingerprint density at radius 3 is 2.57 bits per heavy atom. The quantitative estimate of drug-likeness (QED) is 0.656. The van der Waals surface area contributed by atoms with Gasteiger partial charge < -0.3 is 15.4 Å². The molecule has 0 saturated carbocycles. The first-order valence-corrected chi connectivity index (χ1v) is 13.0. The van der Waals surface area contributed by atoms with Crippen LogP contribution in [0.1, 0.15) is 59.1 Å². The van der Waals surface area contributed by atoms with Gasteiger partial charge in [-0.25, -0.2) is 9.69 Å². The van der Waals surface area contributed by atoms with Gasteiger partial charge in [-0.1, -0.05) is 12.1 Å². The van der Waals surface area contributed by atoms with Crippen molar-refractivity contribution in [1.82, 2.24) is 14.7 Å². The largest absolute Gasteiger partial charge is 0.444 e. The summed E-state index contributed by atoms with van der Waals surface area (Å²) in [7, 11) is 0. The van der Waals surface area contributed by atoms with Gasteiger partial charge in [-0.3, -0.25) is 9.26 Å². The number of ether oxygens (including phenoxy) is 1. The molecule has 1 saturated heterocycles. The molecule has 2 aliphatic heterocycles. The molecule has 0 spiro atoms. The highest BCUT2D eigenvalue weighted by atomic mass is 16.6. The lowest BCUT2D eigenvalue weighted by Gasteiger charge is -2.33. The van der Waals surface area contributed by atoms with E-state index in [1.165, 1.54) is 22.6 Å². The number of likely N-dealkylation sites (N-methyl/N-ethyl adjacent to an activating group) is 2. The number of aromatic nitrogens is 2. The lowest BCUT2D eigenvalue weighted by atomic mass is 10.0. The molecule has 2 aromatic rings. The van der Waals surface area contributed by atoms with Crippen LogP contribution in [0, 0.1) is 0 Å². The number of carbonyl (C=O) groups is 1. The van der Waals surface area contributed by atoms with Crippen molar-refractivity contribution < 1.29 is 14.1 Å². The van der Waals surface area contributed by atoms with E-state index in [1.54, 1.807) is 0 Å². The third-order valence-electron chi connectivity index (χ3n) is 7.01. The van der Waals surface area contributed by atoms with E-state index in [-0.39, 0.29) is 12.1 Å². The van der Waals surface area contributed by atoms with Crippen molar-refractivity contribution in [2.45, 2.75) is 65.5 Å². The van der Waals surface area contributed by atoms with Crippen LogP contribution >= 0.6 is 0 Å². The van der Waals surface area contributed by atoms with E-state index < -0.39 is 5.60 Å². The minimum absolute atomic E-state index is 0.224. The van der Waals surface area contributed by atoms with Crippen molar-refractivity contribution in [1.29, 1.82) is 0 Å². The standard InChI is InChI=1S/C27H41N6O2/c1-6-30-13-10-20-8-9-21(16-24(20)32(7-2)25(30)17-28)22-18-29-33(19-22)23-11-14-31(15-12-23)26(34)35-27(3,4)5/h8-9,16,18-19,23H,6-7,10-15,17,28H2,1-5H3/q+1. The van der Waals surface area contributed by atoms with Crippen LogP contribution in [-0.4, -0.2) is 76.1 Å². The fraction of sp³-hybridized carbons (Fsp3) is 0.593. The molecule has 3 heterocycles. The van der Waals surface area contributed by atoms with Crippen LogP contribution < -0.4 is 10.6 Å². The van der Waals surface area contributed by atoms with Crippen LogP contribution in [-0.2, 0) is 11.2 Å². The SMILES string of the molecule is CCN1C(CN)=[N+](CC)CCc2ccc(-c3cnn(C4CCN(C(=O)OC(C)(C)C)CC4)c3)cc21. The van der Waals surface area contributed by atoms with Crippen LogP contribution in [0.2, 0.25) is 0 Å². The van der Waals surface area contributed by atoms with Crippen molar-refractivity contribution in [3.63, 3.8) is 0 Å². The molecule has 190 valence electrons. The smallest absolute Gasteiger partial charge is 0.410 e. The van der Waals surface area contributed by atoms with Crippen LogP contribution in [0.15, 0.2) is 30.6 Å². The van der Waals surface area contributed by atoms with Gasteiger partial charge in [0.2, 0.25) is 0 Å². The number of carbonyl (C=O) groups excluding carboxylic acids is 1. The minimum Gasteiger partial charge on any atom is -0.444 e. The molecule has 0 unspecified atom stereocenters. The van der Waals surface area contributed by atoms with Gasteiger partial charge in [-0.15, -0.1) is 0 Å². The van der Waals surface area contributed by atoms with Gasteiger partial charge in [-0.2, -0.15) is 5.10 Å². The summed E-state index contributed by atoms with van der Waals surface area (Å²) >= 11 is 0. The molecule has 8 heteroatoms. The van der Waals surface area contributed by atoms with Gasteiger partial charge in [-0.05, 0) is 59.1 Å². The molecule has 2 aliphatic rings. The van der Waals surface area contributed by atoms with Crippen molar-refractivity contribution >= 4 is 17.6 Å². The summed E-state index contributed by atoms with van der Waals surface area (Å²) in [5.41, 5.74) is 10.6. The molecule has 0 aliphatic carbocycles. The summed E-state index contributed by atoms with van der Waals surface area (Å²) in [6.07, 6.45) is 6.64. The number of hydrogen-bond acceptors (Lipinski definition) is 5. The summed E-state index contributed by atoms with van der Waals surface area (Å²) in [5.74, 6) is 1.19. The van der Waals surface area contributed by atoms with E-state index in [0.717, 1.165) is 44.5 Å². The van der Waals surface area contributed by atoms with Crippen LogP contribution in [0.5, 0.6) is 0 Å². The summed E-state index contributed by atoms with van der Waals surface area (Å²) < 4.78 is 9.99. The van der Waals surface area contributed by atoms with E-state index in [0.29, 0.717) is 19.6 Å². The molecule has 1 amide bonds. The molecule has 0 atom stereocenters. The van der Waals surface area contributed by atoms with E-state index in [9.17, 15) is 4.79 Å². The monoisotopic (exact) mass is 481 g/mol. The van der Waals surface area contributed by atoms with Crippen molar-refractivity contribution in [2.24, 2.45) is 5.73 Å². The topological polar surface area (TPSA) is 79.6 Å². The number of rotatable bonds is 5. The summed E-state index contributed by atoms with van der Waals surface area (Å²) in [6, 6.07) is 7.05. The Bertz CT molecular complexity index is 1080. The number of hydrogen-bond donors (Lipinski definition) is 1. The lowest BCUT2D eigenvalue weighted by molar-refractivity contribution is -0.524. The van der Waals surface area contributed by atoms with Crippen LogP contribution in [0.3, 0.4) is 0 Å².